The number of aromatic nitrogens is 1. The third-order valence-corrected chi connectivity index (χ3v) is 4.62. The van der Waals surface area contributed by atoms with Crippen molar-refractivity contribution in [2.24, 2.45) is 5.41 Å². The summed E-state index contributed by atoms with van der Waals surface area (Å²) in [5.74, 6) is -0.408. The molecule has 0 aliphatic heterocycles. The van der Waals surface area contributed by atoms with Gasteiger partial charge in [0.15, 0.2) is 0 Å². The van der Waals surface area contributed by atoms with Crippen LogP contribution in [0.5, 0.6) is 0 Å². The first-order valence-corrected chi connectivity index (χ1v) is 8.68. The van der Waals surface area contributed by atoms with Crippen molar-refractivity contribution in [2.45, 2.75) is 25.8 Å². The number of amides is 2. The van der Waals surface area contributed by atoms with Gasteiger partial charge in [0.05, 0.1) is 0 Å². The first-order chi connectivity index (χ1) is 12.1. The molecule has 1 aliphatic rings. The van der Waals surface area contributed by atoms with Gasteiger partial charge in [-0.05, 0) is 48.6 Å². The second-order valence-corrected chi connectivity index (χ2v) is 6.70. The zero-order valence-corrected chi connectivity index (χ0v) is 14.6. The van der Waals surface area contributed by atoms with E-state index in [4.69, 9.17) is 11.6 Å². The monoisotopic (exact) mass is 357 g/mol. The Balaban J connectivity index is 1.48. The average Bonchev–Trinajstić information content (AvgIpc) is 3.43. The first-order valence-electron chi connectivity index (χ1n) is 8.30. The zero-order chi connectivity index (χ0) is 17.7. The Labute approximate surface area is 151 Å². The highest BCUT2D eigenvalue weighted by Crippen LogP contribution is 2.46. The minimum atomic E-state index is -0.906. The lowest BCUT2D eigenvalue weighted by atomic mass is 10.0. The van der Waals surface area contributed by atoms with E-state index in [9.17, 15) is 9.59 Å². The second-order valence-electron chi connectivity index (χ2n) is 6.26. The fraction of sp³-hybridized carbons (Fsp3) is 0.316. The summed E-state index contributed by atoms with van der Waals surface area (Å²) in [6, 6.07) is 11.2. The molecule has 0 spiro atoms. The van der Waals surface area contributed by atoms with Crippen molar-refractivity contribution in [1.29, 1.82) is 0 Å². The van der Waals surface area contributed by atoms with E-state index in [1.54, 1.807) is 12.4 Å². The summed E-state index contributed by atoms with van der Waals surface area (Å²) in [5, 5.41) is 6.40. The molecule has 1 saturated carbocycles. The van der Waals surface area contributed by atoms with Crippen molar-refractivity contribution < 1.29 is 9.59 Å². The predicted octanol–water partition coefficient (Wildman–Crippen LogP) is 2.49. The van der Waals surface area contributed by atoms with Crippen LogP contribution >= 0.6 is 11.6 Å². The Bertz CT molecular complexity index is 760. The Kier molecular flexibility index (Phi) is 5.34. The highest BCUT2D eigenvalue weighted by molar-refractivity contribution is 6.30. The Morgan fingerprint density at radius 2 is 1.84 bits per heavy atom. The van der Waals surface area contributed by atoms with E-state index >= 15 is 0 Å². The topological polar surface area (TPSA) is 71.1 Å². The van der Waals surface area contributed by atoms with Gasteiger partial charge in [0.1, 0.15) is 5.41 Å². The average molecular weight is 358 g/mol. The van der Waals surface area contributed by atoms with Gasteiger partial charge in [-0.25, -0.2) is 0 Å². The summed E-state index contributed by atoms with van der Waals surface area (Å²) < 4.78 is 0. The molecule has 0 radical (unpaired) electrons. The van der Waals surface area contributed by atoms with Gasteiger partial charge in [0, 0.05) is 30.5 Å². The standard InChI is InChI=1S/C19H20ClN3O2/c20-16-5-1-3-14(11-16)6-10-22-17(24)19(7-8-19)18(25)23-13-15-4-2-9-21-12-15/h1-5,9,11-12H,6-8,10,13H2,(H,22,24)(H,23,25). The SMILES string of the molecule is O=C(NCCc1cccc(Cl)c1)C1(C(=O)NCc2cccnc2)CC1. The fourth-order valence-electron chi connectivity index (χ4n) is 2.72. The van der Waals surface area contributed by atoms with Crippen LogP contribution in [0, 0.1) is 5.41 Å². The molecule has 0 atom stereocenters. The van der Waals surface area contributed by atoms with E-state index in [2.05, 4.69) is 15.6 Å². The number of carbonyl (C=O) groups excluding carboxylic acids is 2. The molecule has 1 aromatic heterocycles. The van der Waals surface area contributed by atoms with E-state index in [0.29, 0.717) is 37.4 Å². The van der Waals surface area contributed by atoms with E-state index in [1.807, 2.05) is 36.4 Å². The smallest absolute Gasteiger partial charge is 0.235 e. The number of benzene rings is 1. The summed E-state index contributed by atoms with van der Waals surface area (Å²) in [6.07, 6.45) is 5.25. The van der Waals surface area contributed by atoms with Crippen molar-refractivity contribution >= 4 is 23.4 Å². The van der Waals surface area contributed by atoms with E-state index in [1.165, 1.54) is 0 Å². The second kappa shape index (κ2) is 7.66. The van der Waals surface area contributed by atoms with Crippen molar-refractivity contribution in [3.8, 4) is 0 Å². The molecule has 6 heteroatoms. The van der Waals surface area contributed by atoms with E-state index < -0.39 is 5.41 Å². The van der Waals surface area contributed by atoms with Gasteiger partial charge in [-0.15, -0.1) is 0 Å². The van der Waals surface area contributed by atoms with Crippen LogP contribution in [0.1, 0.15) is 24.0 Å². The van der Waals surface area contributed by atoms with Crippen LogP contribution in [-0.4, -0.2) is 23.3 Å². The minimum absolute atomic E-state index is 0.196. The maximum atomic E-state index is 12.4. The third-order valence-electron chi connectivity index (χ3n) is 4.38. The molecule has 2 aromatic rings. The molecule has 3 rings (SSSR count). The number of pyridine rings is 1. The summed E-state index contributed by atoms with van der Waals surface area (Å²) in [6.45, 7) is 0.862. The van der Waals surface area contributed by atoms with E-state index in [0.717, 1.165) is 11.1 Å². The highest BCUT2D eigenvalue weighted by Gasteiger charge is 2.56. The van der Waals surface area contributed by atoms with Crippen molar-refractivity contribution in [1.82, 2.24) is 15.6 Å². The third kappa shape index (κ3) is 4.37. The van der Waals surface area contributed by atoms with Gasteiger partial charge in [-0.1, -0.05) is 29.8 Å². The van der Waals surface area contributed by atoms with Gasteiger partial charge in [-0.2, -0.15) is 0 Å². The summed E-state index contributed by atoms with van der Waals surface area (Å²) in [4.78, 5) is 28.8. The van der Waals surface area contributed by atoms with Crippen LogP contribution in [0.15, 0.2) is 48.8 Å². The van der Waals surface area contributed by atoms with Crippen LogP contribution in [0.2, 0.25) is 5.02 Å². The Hall–Kier alpha value is -2.40. The largest absolute Gasteiger partial charge is 0.355 e. The predicted molar refractivity (Wildman–Crippen MR) is 95.9 cm³/mol. The molecule has 2 amide bonds. The fourth-order valence-corrected chi connectivity index (χ4v) is 2.93. The highest BCUT2D eigenvalue weighted by atomic mass is 35.5. The van der Waals surface area contributed by atoms with Crippen molar-refractivity contribution in [3.05, 3.63) is 64.9 Å². The Morgan fingerprint density at radius 3 is 2.52 bits per heavy atom. The number of carbonyl (C=O) groups is 2. The van der Waals surface area contributed by atoms with Crippen molar-refractivity contribution in [3.63, 3.8) is 0 Å². The lowest BCUT2D eigenvalue weighted by molar-refractivity contribution is -0.137. The van der Waals surface area contributed by atoms with Crippen LogP contribution in [0.4, 0.5) is 0 Å². The number of nitrogens with zero attached hydrogens (tertiary/aromatic N) is 1. The molecule has 5 nitrogen and oxygen atoms in total. The van der Waals surface area contributed by atoms with Crippen LogP contribution < -0.4 is 10.6 Å². The van der Waals surface area contributed by atoms with Crippen molar-refractivity contribution in [2.75, 3.05) is 6.54 Å². The van der Waals surface area contributed by atoms with Gasteiger partial charge < -0.3 is 10.6 Å². The maximum absolute atomic E-state index is 12.4. The molecule has 1 fully saturated rings. The molecule has 1 aromatic carbocycles. The quantitative estimate of drug-likeness (QED) is 0.748. The number of hydrogen-bond donors (Lipinski definition) is 2. The minimum Gasteiger partial charge on any atom is -0.355 e. The van der Waals surface area contributed by atoms with Gasteiger partial charge in [-0.3, -0.25) is 14.6 Å². The maximum Gasteiger partial charge on any atom is 0.235 e. The first kappa shape index (κ1) is 17.4. The molecule has 0 unspecified atom stereocenters. The van der Waals surface area contributed by atoms with Crippen LogP contribution in [-0.2, 0) is 22.6 Å². The molecule has 25 heavy (non-hydrogen) atoms. The summed E-state index contributed by atoms with van der Waals surface area (Å²) >= 11 is 5.95. The van der Waals surface area contributed by atoms with Crippen LogP contribution in [0.3, 0.4) is 0 Å². The number of nitrogens with one attached hydrogen (secondary N) is 2. The lowest BCUT2D eigenvalue weighted by Crippen LogP contribution is -2.43. The summed E-state index contributed by atoms with van der Waals surface area (Å²) in [5.41, 5.74) is 1.06. The van der Waals surface area contributed by atoms with Crippen LogP contribution in [0.25, 0.3) is 0 Å². The normalized spacial score (nSPS) is 14.6. The van der Waals surface area contributed by atoms with Gasteiger partial charge >= 0.3 is 0 Å². The molecule has 1 heterocycles. The van der Waals surface area contributed by atoms with E-state index in [-0.39, 0.29) is 11.8 Å². The number of halogens is 1. The molecule has 1 aliphatic carbocycles. The molecule has 0 saturated heterocycles. The number of rotatable bonds is 7. The molecular formula is C19H20ClN3O2. The molecule has 0 bridgehead atoms. The zero-order valence-electron chi connectivity index (χ0n) is 13.8. The van der Waals surface area contributed by atoms with Gasteiger partial charge in [0.2, 0.25) is 11.8 Å². The lowest BCUT2D eigenvalue weighted by Gasteiger charge is -2.15. The molecule has 130 valence electrons. The molecular weight excluding hydrogens is 338 g/mol. The van der Waals surface area contributed by atoms with Gasteiger partial charge in [0.25, 0.3) is 0 Å². The number of hydrogen-bond acceptors (Lipinski definition) is 3. The summed E-state index contributed by atoms with van der Waals surface area (Å²) in [7, 11) is 0. The Morgan fingerprint density at radius 1 is 1.08 bits per heavy atom. The molecule has 2 N–H and O–H groups in total.